The number of carbonyl (C=O) groups excluding carboxylic acids is 1. The molecule has 1 atom stereocenters. The van der Waals surface area contributed by atoms with Gasteiger partial charge in [0.15, 0.2) is 0 Å². The lowest BCUT2D eigenvalue weighted by Gasteiger charge is -2.19. The van der Waals surface area contributed by atoms with Gasteiger partial charge in [0.25, 0.3) is 5.69 Å². The summed E-state index contributed by atoms with van der Waals surface area (Å²) < 4.78 is 0. The van der Waals surface area contributed by atoms with E-state index in [0.29, 0.717) is 5.69 Å². The van der Waals surface area contributed by atoms with Crippen LogP contribution in [0.2, 0.25) is 0 Å². The predicted molar refractivity (Wildman–Crippen MR) is 89.4 cm³/mol. The van der Waals surface area contributed by atoms with E-state index in [1.54, 1.807) is 0 Å². The van der Waals surface area contributed by atoms with Crippen LogP contribution >= 0.6 is 0 Å². The predicted octanol–water partition coefficient (Wildman–Crippen LogP) is 3.57. The Labute approximate surface area is 134 Å². The van der Waals surface area contributed by atoms with Crippen molar-refractivity contribution in [1.82, 2.24) is 0 Å². The maximum Gasteiger partial charge on any atom is 0.293 e. The first-order valence-electron chi connectivity index (χ1n) is 7.33. The molecule has 2 aromatic rings. The topological polar surface area (TPSA) is 98.3 Å². The highest BCUT2D eigenvalue weighted by Gasteiger charge is 2.19. The molecule has 0 heterocycles. The molecule has 0 saturated carbocycles. The molecule has 120 valence electrons. The first kappa shape index (κ1) is 16.5. The van der Waals surface area contributed by atoms with Gasteiger partial charge in [0, 0.05) is 11.6 Å². The molecule has 1 amide bonds. The molecule has 0 aliphatic rings. The van der Waals surface area contributed by atoms with E-state index in [2.05, 4.69) is 5.32 Å². The van der Waals surface area contributed by atoms with Crippen LogP contribution in [-0.2, 0) is 0 Å². The molecule has 0 aromatic heterocycles. The molecule has 0 unspecified atom stereocenters. The zero-order chi connectivity index (χ0) is 17.0. The van der Waals surface area contributed by atoms with Gasteiger partial charge < -0.3 is 11.1 Å². The Kier molecular flexibility index (Phi) is 4.95. The van der Waals surface area contributed by atoms with Gasteiger partial charge in [-0.15, -0.1) is 0 Å². The minimum Gasteiger partial charge on any atom is -0.373 e. The molecule has 6 heteroatoms. The number of amides is 1. The molecule has 0 spiro atoms. The number of carbonyl (C=O) groups is 1. The van der Waals surface area contributed by atoms with Crippen molar-refractivity contribution >= 4 is 17.3 Å². The van der Waals surface area contributed by atoms with Crippen LogP contribution in [0, 0.1) is 17.0 Å². The lowest BCUT2D eigenvalue weighted by Crippen LogP contribution is -2.14. The number of nitrogens with one attached hydrogen (secondary N) is 1. The van der Waals surface area contributed by atoms with Crippen LogP contribution in [0.15, 0.2) is 42.5 Å². The summed E-state index contributed by atoms with van der Waals surface area (Å²) in [5.41, 5.74) is 7.71. The summed E-state index contributed by atoms with van der Waals surface area (Å²) in [6.07, 6.45) is 0.762. The zero-order valence-electron chi connectivity index (χ0n) is 13.1. The second-order valence-electron chi connectivity index (χ2n) is 5.37. The second-order valence-corrected chi connectivity index (χ2v) is 5.37. The van der Waals surface area contributed by atoms with E-state index in [1.807, 2.05) is 38.1 Å². The summed E-state index contributed by atoms with van der Waals surface area (Å²) in [5, 5.41) is 14.4. The molecule has 2 rings (SSSR count). The molecule has 0 aliphatic carbocycles. The van der Waals surface area contributed by atoms with Gasteiger partial charge in [-0.2, -0.15) is 0 Å². The van der Waals surface area contributed by atoms with Crippen molar-refractivity contribution in [3.05, 3.63) is 69.3 Å². The van der Waals surface area contributed by atoms with E-state index in [0.717, 1.165) is 17.5 Å². The van der Waals surface area contributed by atoms with Gasteiger partial charge in [-0.25, -0.2) is 0 Å². The van der Waals surface area contributed by atoms with Crippen molar-refractivity contribution in [2.75, 3.05) is 5.32 Å². The molecule has 23 heavy (non-hydrogen) atoms. The Morgan fingerprint density at radius 3 is 2.43 bits per heavy atom. The van der Waals surface area contributed by atoms with Gasteiger partial charge >= 0.3 is 0 Å². The molecular weight excluding hydrogens is 294 g/mol. The van der Waals surface area contributed by atoms with Crippen LogP contribution in [-0.4, -0.2) is 10.8 Å². The normalized spacial score (nSPS) is 11.7. The van der Waals surface area contributed by atoms with Crippen molar-refractivity contribution in [3.8, 4) is 0 Å². The molecule has 6 nitrogen and oxygen atoms in total. The quantitative estimate of drug-likeness (QED) is 0.629. The molecule has 3 N–H and O–H groups in total. The van der Waals surface area contributed by atoms with Crippen LogP contribution in [0.3, 0.4) is 0 Å². The fourth-order valence-electron chi connectivity index (χ4n) is 2.37. The number of rotatable bonds is 6. The number of nitrogens with zero attached hydrogens (tertiary/aromatic N) is 1. The number of nitrogens with two attached hydrogens (primary N) is 1. The van der Waals surface area contributed by atoms with E-state index in [-0.39, 0.29) is 17.3 Å². The number of nitro groups is 1. The minimum absolute atomic E-state index is 0.0614. The van der Waals surface area contributed by atoms with Crippen LogP contribution in [0.5, 0.6) is 0 Å². The van der Waals surface area contributed by atoms with E-state index in [1.165, 1.54) is 18.2 Å². The van der Waals surface area contributed by atoms with Crippen LogP contribution in [0.1, 0.15) is 40.9 Å². The summed E-state index contributed by atoms with van der Waals surface area (Å²) >= 11 is 0. The summed E-state index contributed by atoms with van der Waals surface area (Å²) in [7, 11) is 0. The molecule has 0 bridgehead atoms. The third-order valence-corrected chi connectivity index (χ3v) is 3.70. The zero-order valence-corrected chi connectivity index (χ0v) is 13.1. The van der Waals surface area contributed by atoms with Gasteiger partial charge in [0.05, 0.1) is 11.0 Å². The maximum atomic E-state index is 11.3. The monoisotopic (exact) mass is 313 g/mol. The lowest BCUT2D eigenvalue weighted by atomic mass is 10.0. The van der Waals surface area contributed by atoms with Crippen LogP contribution in [0.4, 0.5) is 11.4 Å². The number of nitro benzene ring substituents is 1. The van der Waals surface area contributed by atoms with Gasteiger partial charge in [-0.3, -0.25) is 14.9 Å². The highest BCUT2D eigenvalue weighted by atomic mass is 16.6. The number of primary amides is 1. The highest BCUT2D eigenvalue weighted by Crippen LogP contribution is 2.30. The summed E-state index contributed by atoms with van der Waals surface area (Å²) in [5.74, 6) is -0.690. The molecule has 0 radical (unpaired) electrons. The molecule has 0 aliphatic heterocycles. The van der Waals surface area contributed by atoms with Crippen molar-refractivity contribution in [1.29, 1.82) is 0 Å². The van der Waals surface area contributed by atoms with E-state index in [4.69, 9.17) is 5.73 Å². The third-order valence-electron chi connectivity index (χ3n) is 3.70. The maximum absolute atomic E-state index is 11.3. The first-order chi connectivity index (χ1) is 10.9. The van der Waals surface area contributed by atoms with Gasteiger partial charge in [-0.05, 0) is 31.0 Å². The van der Waals surface area contributed by atoms with E-state index >= 15 is 0 Å². The van der Waals surface area contributed by atoms with Crippen LogP contribution < -0.4 is 11.1 Å². The average molecular weight is 313 g/mol. The smallest absolute Gasteiger partial charge is 0.293 e. The average Bonchev–Trinajstić information content (AvgIpc) is 2.53. The Balaban J connectivity index is 2.35. The Hall–Kier alpha value is -2.89. The largest absolute Gasteiger partial charge is 0.373 e. The highest BCUT2D eigenvalue weighted by molar-refractivity contribution is 5.94. The molecular formula is C17H19N3O3. The summed E-state index contributed by atoms with van der Waals surface area (Å²) in [6, 6.07) is 12.2. The lowest BCUT2D eigenvalue weighted by molar-refractivity contribution is -0.384. The second kappa shape index (κ2) is 6.91. The fraction of sp³-hybridized carbons (Fsp3) is 0.235. The SMILES string of the molecule is CC[C@H](Nc1ccc(C(N)=O)cc1[N+](=O)[O-])c1ccc(C)cc1. The van der Waals surface area contributed by atoms with Crippen molar-refractivity contribution in [2.24, 2.45) is 5.73 Å². The van der Waals surface area contributed by atoms with Crippen molar-refractivity contribution in [3.63, 3.8) is 0 Å². The molecule has 0 fully saturated rings. The van der Waals surface area contributed by atoms with Gasteiger partial charge in [0.2, 0.25) is 5.91 Å². The number of benzene rings is 2. The van der Waals surface area contributed by atoms with Gasteiger partial charge in [-0.1, -0.05) is 36.8 Å². The number of aryl methyl sites for hydroxylation is 1. The minimum atomic E-state index is -0.690. The first-order valence-corrected chi connectivity index (χ1v) is 7.33. The van der Waals surface area contributed by atoms with Crippen molar-refractivity contribution < 1.29 is 9.72 Å². The Bertz CT molecular complexity index is 726. The number of hydrogen-bond donors (Lipinski definition) is 2. The molecule has 2 aromatic carbocycles. The van der Waals surface area contributed by atoms with E-state index in [9.17, 15) is 14.9 Å². The molecule has 0 saturated heterocycles. The third kappa shape index (κ3) is 3.85. The van der Waals surface area contributed by atoms with Crippen molar-refractivity contribution in [2.45, 2.75) is 26.3 Å². The Morgan fingerprint density at radius 2 is 1.91 bits per heavy atom. The summed E-state index contributed by atoms with van der Waals surface area (Å²) in [4.78, 5) is 21.9. The van der Waals surface area contributed by atoms with Crippen LogP contribution in [0.25, 0.3) is 0 Å². The van der Waals surface area contributed by atoms with Gasteiger partial charge in [0.1, 0.15) is 5.69 Å². The van der Waals surface area contributed by atoms with E-state index < -0.39 is 10.8 Å². The fourth-order valence-corrected chi connectivity index (χ4v) is 2.37. The standard InChI is InChI=1S/C17H19N3O3/c1-3-14(12-6-4-11(2)5-7-12)19-15-9-8-13(17(18)21)10-16(15)20(22)23/h4-10,14,19H,3H2,1-2H3,(H2,18,21)/t14-/m0/s1. The number of hydrogen-bond acceptors (Lipinski definition) is 4. The number of anilines is 1. The summed E-state index contributed by atoms with van der Waals surface area (Å²) in [6.45, 7) is 4.01. The Morgan fingerprint density at radius 1 is 1.26 bits per heavy atom.